The minimum absolute atomic E-state index is 0.0774. The van der Waals surface area contributed by atoms with Crippen molar-refractivity contribution in [2.24, 2.45) is 10.9 Å². The van der Waals surface area contributed by atoms with Gasteiger partial charge in [-0.05, 0) is 34.6 Å². The van der Waals surface area contributed by atoms with E-state index in [0.717, 1.165) is 0 Å². The molecule has 7 heteroatoms. The average molecular weight is 259 g/mol. The third-order valence-electron chi connectivity index (χ3n) is 2.53. The predicted molar refractivity (Wildman–Crippen MR) is 65.3 cm³/mol. The van der Waals surface area contributed by atoms with Crippen molar-refractivity contribution in [2.75, 3.05) is 6.61 Å². The number of nitrogens with zero attached hydrogens (tertiary/aromatic N) is 2. The Hall–Kier alpha value is -1.50. The van der Waals surface area contributed by atoms with E-state index in [-0.39, 0.29) is 12.4 Å². The first-order valence-corrected chi connectivity index (χ1v) is 5.72. The molecular formula is C11H21N3O4. The Morgan fingerprint density at radius 1 is 1.56 bits per heavy atom. The van der Waals surface area contributed by atoms with Crippen molar-refractivity contribution in [3.05, 3.63) is 0 Å². The third-order valence-corrected chi connectivity index (χ3v) is 2.53. The van der Waals surface area contributed by atoms with Crippen LogP contribution in [0.15, 0.2) is 5.16 Å². The Bertz CT molecular complexity index is 360. The molecule has 0 aromatic carbocycles. The minimum Gasteiger partial charge on any atom is -0.444 e. The lowest BCUT2D eigenvalue weighted by Gasteiger charge is -2.34. The Kier molecular flexibility index (Phi) is 3.75. The minimum atomic E-state index is -0.859. The molecule has 7 nitrogen and oxygen atoms in total. The van der Waals surface area contributed by atoms with Gasteiger partial charge in [0.2, 0.25) is 0 Å². The molecule has 0 spiro atoms. The Balaban J connectivity index is 2.96. The lowest BCUT2D eigenvalue weighted by Crippen LogP contribution is -2.53. The van der Waals surface area contributed by atoms with Crippen LogP contribution in [-0.4, -0.2) is 46.0 Å². The van der Waals surface area contributed by atoms with Gasteiger partial charge in [-0.2, -0.15) is 0 Å². The van der Waals surface area contributed by atoms with E-state index >= 15 is 0 Å². The second-order valence-electron chi connectivity index (χ2n) is 5.65. The van der Waals surface area contributed by atoms with Crippen molar-refractivity contribution in [3.63, 3.8) is 0 Å². The van der Waals surface area contributed by atoms with Gasteiger partial charge in [-0.1, -0.05) is 5.16 Å². The highest BCUT2D eigenvalue weighted by Crippen LogP contribution is 2.29. The zero-order chi connectivity index (χ0) is 14.1. The summed E-state index contributed by atoms with van der Waals surface area (Å²) in [6, 6.07) is -0.625. The number of hydrogen-bond donors (Lipinski definition) is 2. The summed E-state index contributed by atoms with van der Waals surface area (Å²) >= 11 is 0. The zero-order valence-electron chi connectivity index (χ0n) is 11.4. The van der Waals surface area contributed by atoms with Gasteiger partial charge in [0.25, 0.3) is 0 Å². The fraction of sp³-hybridized carbons (Fsp3) is 0.818. The van der Waals surface area contributed by atoms with Crippen molar-refractivity contribution in [2.45, 2.75) is 52.0 Å². The molecule has 0 saturated carbocycles. The van der Waals surface area contributed by atoms with Crippen LogP contribution in [0.1, 0.15) is 34.6 Å². The van der Waals surface area contributed by atoms with Crippen LogP contribution in [-0.2, 0) is 9.47 Å². The van der Waals surface area contributed by atoms with Gasteiger partial charge >= 0.3 is 6.09 Å². The number of hydrogen-bond acceptors (Lipinski definition) is 5. The quantitative estimate of drug-likeness (QED) is 0.318. The molecule has 1 fully saturated rings. The van der Waals surface area contributed by atoms with Gasteiger partial charge in [0, 0.05) is 0 Å². The highest BCUT2D eigenvalue weighted by molar-refractivity contribution is 5.89. The normalized spacial score (nSPS) is 24.2. The van der Waals surface area contributed by atoms with E-state index in [2.05, 4.69) is 5.16 Å². The van der Waals surface area contributed by atoms with Gasteiger partial charge in [0.05, 0.1) is 6.61 Å². The van der Waals surface area contributed by atoms with Crippen molar-refractivity contribution in [3.8, 4) is 0 Å². The van der Waals surface area contributed by atoms with E-state index in [1.807, 2.05) is 0 Å². The summed E-state index contributed by atoms with van der Waals surface area (Å²) < 4.78 is 10.8. The van der Waals surface area contributed by atoms with E-state index in [1.165, 1.54) is 4.90 Å². The lowest BCUT2D eigenvalue weighted by atomic mass is 10.2. The second-order valence-corrected chi connectivity index (χ2v) is 5.65. The largest absolute Gasteiger partial charge is 0.444 e. The summed E-state index contributed by atoms with van der Waals surface area (Å²) in [7, 11) is 0. The first-order valence-electron chi connectivity index (χ1n) is 5.72. The highest BCUT2D eigenvalue weighted by Gasteiger charge is 2.47. The summed E-state index contributed by atoms with van der Waals surface area (Å²) in [6.07, 6.45) is -0.554. The smallest absolute Gasteiger partial charge is 0.413 e. The van der Waals surface area contributed by atoms with Crippen LogP contribution in [0.2, 0.25) is 0 Å². The van der Waals surface area contributed by atoms with Crippen molar-refractivity contribution in [1.29, 1.82) is 0 Å². The topological polar surface area (TPSA) is 97.4 Å². The first kappa shape index (κ1) is 14.6. The molecule has 1 aliphatic rings. The summed E-state index contributed by atoms with van der Waals surface area (Å²) in [5.74, 6) is -0.0774. The first-order chi connectivity index (χ1) is 8.08. The number of amidine groups is 1. The van der Waals surface area contributed by atoms with Crippen LogP contribution in [0.5, 0.6) is 0 Å². The number of ether oxygens (including phenoxy) is 2. The summed E-state index contributed by atoms with van der Waals surface area (Å²) in [6.45, 7) is 8.93. The van der Waals surface area contributed by atoms with Crippen LogP contribution >= 0.6 is 0 Å². The zero-order valence-corrected chi connectivity index (χ0v) is 11.4. The predicted octanol–water partition coefficient (Wildman–Crippen LogP) is 1.10. The SMILES string of the molecule is CC(C)(C)OC(=O)N1[C@H](/C(N)=N/O)COC1(C)C. The molecule has 104 valence electrons. The maximum atomic E-state index is 12.1. The van der Waals surface area contributed by atoms with Gasteiger partial charge < -0.3 is 20.4 Å². The van der Waals surface area contributed by atoms with Gasteiger partial charge in [-0.25, -0.2) is 4.79 Å². The van der Waals surface area contributed by atoms with E-state index in [0.29, 0.717) is 0 Å². The van der Waals surface area contributed by atoms with Gasteiger partial charge in [0.15, 0.2) is 5.84 Å². The van der Waals surface area contributed by atoms with Crippen molar-refractivity contribution in [1.82, 2.24) is 4.90 Å². The van der Waals surface area contributed by atoms with Crippen LogP contribution in [0.25, 0.3) is 0 Å². The second kappa shape index (κ2) is 4.64. The van der Waals surface area contributed by atoms with E-state index in [4.69, 9.17) is 20.4 Å². The van der Waals surface area contributed by atoms with E-state index in [1.54, 1.807) is 34.6 Å². The summed E-state index contributed by atoms with van der Waals surface area (Å²) in [5, 5.41) is 11.7. The standard InChI is InChI=1S/C11H21N3O4/c1-10(2,3)18-9(15)14-7(8(12)13-16)6-17-11(14,4)5/h7,16H,6H2,1-5H3,(H2,12,13)/t7-/m0/s1. The Morgan fingerprint density at radius 3 is 2.56 bits per heavy atom. The molecule has 0 bridgehead atoms. The number of oxime groups is 1. The molecule has 1 atom stereocenters. The van der Waals surface area contributed by atoms with Crippen molar-refractivity contribution >= 4 is 11.9 Å². The third kappa shape index (κ3) is 3.04. The Morgan fingerprint density at radius 2 is 2.11 bits per heavy atom. The monoisotopic (exact) mass is 259 g/mol. The van der Waals surface area contributed by atoms with Gasteiger partial charge in [-0.3, -0.25) is 4.90 Å². The van der Waals surface area contributed by atoms with Gasteiger partial charge in [0.1, 0.15) is 17.4 Å². The summed E-state index contributed by atoms with van der Waals surface area (Å²) in [5.41, 5.74) is 4.08. The van der Waals surface area contributed by atoms with Crippen LogP contribution in [0, 0.1) is 0 Å². The molecule has 1 rings (SSSR count). The van der Waals surface area contributed by atoms with Crippen molar-refractivity contribution < 1.29 is 19.5 Å². The van der Waals surface area contributed by atoms with Crippen LogP contribution < -0.4 is 5.73 Å². The maximum absolute atomic E-state index is 12.1. The number of carbonyl (C=O) groups excluding carboxylic acids is 1. The van der Waals surface area contributed by atoms with Crippen LogP contribution in [0.4, 0.5) is 4.79 Å². The van der Waals surface area contributed by atoms with Crippen LogP contribution in [0.3, 0.4) is 0 Å². The van der Waals surface area contributed by atoms with E-state index < -0.39 is 23.5 Å². The molecule has 18 heavy (non-hydrogen) atoms. The molecule has 1 saturated heterocycles. The lowest BCUT2D eigenvalue weighted by molar-refractivity contribution is -0.0606. The average Bonchev–Trinajstić information content (AvgIpc) is 2.50. The number of rotatable bonds is 1. The summed E-state index contributed by atoms with van der Waals surface area (Å²) in [4.78, 5) is 13.5. The van der Waals surface area contributed by atoms with E-state index in [9.17, 15) is 4.79 Å². The number of nitrogens with two attached hydrogens (primary N) is 1. The highest BCUT2D eigenvalue weighted by atomic mass is 16.6. The fourth-order valence-corrected chi connectivity index (χ4v) is 1.74. The fourth-order valence-electron chi connectivity index (χ4n) is 1.74. The molecule has 1 aliphatic heterocycles. The number of amides is 1. The number of carbonyl (C=O) groups is 1. The molecule has 1 amide bonds. The molecule has 3 N–H and O–H groups in total. The maximum Gasteiger partial charge on any atom is 0.413 e. The molecular weight excluding hydrogens is 238 g/mol. The molecule has 0 aliphatic carbocycles. The molecule has 0 aromatic heterocycles. The molecule has 0 radical (unpaired) electrons. The Labute approximate surface area is 107 Å². The molecule has 0 unspecified atom stereocenters. The molecule has 1 heterocycles. The van der Waals surface area contributed by atoms with Gasteiger partial charge in [-0.15, -0.1) is 0 Å². The molecule has 0 aromatic rings.